The zero-order valence-electron chi connectivity index (χ0n) is 17.8. The number of halogens is 1. The smallest absolute Gasteiger partial charge is 0.193 e. The van der Waals surface area contributed by atoms with E-state index in [4.69, 9.17) is 30.2 Å². The van der Waals surface area contributed by atoms with E-state index in [1.165, 1.54) is 6.07 Å². The molecule has 0 aliphatic carbocycles. The largest absolute Gasteiger partial charge is 0.497 e. The van der Waals surface area contributed by atoms with Crippen molar-refractivity contribution in [3.63, 3.8) is 0 Å². The highest BCUT2D eigenvalue weighted by atomic mass is 35.5. The molecule has 0 amide bonds. The molecule has 1 heterocycles. The molecule has 0 bridgehead atoms. The van der Waals surface area contributed by atoms with E-state index in [1.807, 2.05) is 42.5 Å². The topological polar surface area (TPSA) is 57.9 Å². The van der Waals surface area contributed by atoms with Crippen molar-refractivity contribution < 1.29 is 18.6 Å². The molecule has 162 valence electrons. The molecule has 0 unspecified atom stereocenters. The second-order valence-corrected chi connectivity index (χ2v) is 7.45. The molecule has 5 nitrogen and oxygen atoms in total. The maximum absolute atomic E-state index is 12.8. The summed E-state index contributed by atoms with van der Waals surface area (Å²) in [4.78, 5) is 12.8. The van der Waals surface area contributed by atoms with E-state index in [0.717, 1.165) is 16.9 Å². The first kappa shape index (κ1) is 21.5. The molecule has 0 spiro atoms. The molecule has 0 aliphatic rings. The summed E-state index contributed by atoms with van der Waals surface area (Å²) in [7, 11) is 4.78. The highest BCUT2D eigenvalue weighted by Crippen LogP contribution is 2.38. The van der Waals surface area contributed by atoms with E-state index < -0.39 is 0 Å². The molecule has 0 N–H and O–H groups in total. The average molecular weight is 449 g/mol. The summed E-state index contributed by atoms with van der Waals surface area (Å²) in [6.45, 7) is 0. The quantitative estimate of drug-likeness (QED) is 0.323. The van der Waals surface area contributed by atoms with Gasteiger partial charge in [-0.25, -0.2) is 0 Å². The normalized spacial score (nSPS) is 11.1. The van der Waals surface area contributed by atoms with Crippen molar-refractivity contribution in [3.8, 4) is 28.6 Å². The Morgan fingerprint density at radius 2 is 1.56 bits per heavy atom. The number of fused-ring (bicyclic) bond motifs is 1. The fourth-order valence-electron chi connectivity index (χ4n) is 3.44. The van der Waals surface area contributed by atoms with E-state index in [9.17, 15) is 4.79 Å². The first-order valence-corrected chi connectivity index (χ1v) is 10.2. The predicted molar refractivity (Wildman–Crippen MR) is 128 cm³/mol. The Hall–Kier alpha value is -3.70. The van der Waals surface area contributed by atoms with Gasteiger partial charge in [-0.3, -0.25) is 4.79 Å². The van der Waals surface area contributed by atoms with Gasteiger partial charge in [-0.1, -0.05) is 35.9 Å². The van der Waals surface area contributed by atoms with E-state index in [2.05, 4.69) is 0 Å². The van der Waals surface area contributed by atoms with Gasteiger partial charge in [0.2, 0.25) is 0 Å². The second-order valence-electron chi connectivity index (χ2n) is 7.02. The van der Waals surface area contributed by atoms with E-state index >= 15 is 0 Å². The van der Waals surface area contributed by atoms with Gasteiger partial charge < -0.3 is 18.6 Å². The van der Waals surface area contributed by atoms with Gasteiger partial charge in [0.15, 0.2) is 5.43 Å². The molecule has 6 heteroatoms. The van der Waals surface area contributed by atoms with Crippen molar-refractivity contribution in [2.45, 2.75) is 0 Å². The van der Waals surface area contributed by atoms with E-state index in [-0.39, 0.29) is 5.43 Å². The SMILES string of the molecule is COc1ccc(/C=C/c2cc(OC)cc(OC)c2-c2cc(=O)c3ccc(Cl)cc3o2)cc1. The maximum Gasteiger partial charge on any atom is 0.193 e. The van der Waals surface area contributed by atoms with Crippen LogP contribution in [0.5, 0.6) is 17.2 Å². The molecule has 32 heavy (non-hydrogen) atoms. The van der Waals surface area contributed by atoms with Crippen LogP contribution in [0, 0.1) is 0 Å². The average Bonchev–Trinajstić information content (AvgIpc) is 2.81. The van der Waals surface area contributed by atoms with Crippen LogP contribution < -0.4 is 19.6 Å². The molecular formula is C26H21ClO5. The third kappa shape index (κ3) is 4.34. The lowest BCUT2D eigenvalue weighted by Gasteiger charge is -2.14. The van der Waals surface area contributed by atoms with Gasteiger partial charge in [0, 0.05) is 23.2 Å². The first-order valence-electron chi connectivity index (χ1n) is 9.84. The highest BCUT2D eigenvalue weighted by molar-refractivity contribution is 6.31. The number of benzene rings is 3. The minimum absolute atomic E-state index is 0.166. The lowest BCUT2D eigenvalue weighted by molar-refractivity contribution is 0.394. The van der Waals surface area contributed by atoms with Crippen LogP contribution >= 0.6 is 11.6 Å². The summed E-state index contributed by atoms with van der Waals surface area (Å²) in [6.07, 6.45) is 3.87. The standard InChI is InChI=1S/C26H21ClO5/c1-29-19-9-5-16(6-10-19)4-7-17-12-20(30-2)14-24(31-3)26(17)25-15-22(28)21-11-8-18(27)13-23(21)32-25/h4-15H,1-3H3/b7-4+. The van der Waals surface area contributed by atoms with Crippen LogP contribution in [0.3, 0.4) is 0 Å². The van der Waals surface area contributed by atoms with Gasteiger partial charge in [-0.15, -0.1) is 0 Å². The third-order valence-electron chi connectivity index (χ3n) is 5.07. The summed E-state index contributed by atoms with van der Waals surface area (Å²) in [5.74, 6) is 2.29. The number of hydrogen-bond donors (Lipinski definition) is 0. The molecule has 4 rings (SSSR count). The fraction of sp³-hybridized carbons (Fsp3) is 0.115. The lowest BCUT2D eigenvalue weighted by atomic mass is 10.0. The predicted octanol–water partition coefficient (Wildman–Crippen LogP) is 6.31. The maximum atomic E-state index is 12.8. The molecule has 0 saturated heterocycles. The molecular weight excluding hydrogens is 428 g/mol. The van der Waals surface area contributed by atoms with Crippen molar-refractivity contribution >= 4 is 34.7 Å². The summed E-state index contributed by atoms with van der Waals surface area (Å²) < 4.78 is 22.4. The van der Waals surface area contributed by atoms with Crippen molar-refractivity contribution in [2.75, 3.05) is 21.3 Å². The van der Waals surface area contributed by atoms with Gasteiger partial charge >= 0.3 is 0 Å². The Kier molecular flexibility index (Phi) is 6.19. The van der Waals surface area contributed by atoms with Crippen LogP contribution in [0.15, 0.2) is 69.9 Å². The zero-order chi connectivity index (χ0) is 22.7. The molecule has 0 fully saturated rings. The van der Waals surface area contributed by atoms with Gasteiger partial charge in [-0.05, 0) is 41.5 Å². The number of ether oxygens (including phenoxy) is 3. The lowest BCUT2D eigenvalue weighted by Crippen LogP contribution is -2.02. The Bertz CT molecular complexity index is 1350. The van der Waals surface area contributed by atoms with Crippen molar-refractivity contribution in [2.24, 2.45) is 0 Å². The van der Waals surface area contributed by atoms with Crippen LogP contribution in [-0.2, 0) is 0 Å². The van der Waals surface area contributed by atoms with Crippen molar-refractivity contribution in [1.82, 2.24) is 0 Å². The van der Waals surface area contributed by atoms with Crippen LogP contribution in [0.1, 0.15) is 11.1 Å². The van der Waals surface area contributed by atoms with Gasteiger partial charge in [0.05, 0.1) is 32.3 Å². The van der Waals surface area contributed by atoms with E-state index in [1.54, 1.807) is 45.6 Å². The van der Waals surface area contributed by atoms with Crippen LogP contribution in [0.2, 0.25) is 5.02 Å². The highest BCUT2D eigenvalue weighted by Gasteiger charge is 2.17. The summed E-state index contributed by atoms with van der Waals surface area (Å²) >= 11 is 6.11. The van der Waals surface area contributed by atoms with Gasteiger partial charge in [0.1, 0.15) is 28.6 Å². The second kappa shape index (κ2) is 9.20. The molecule has 0 aliphatic heterocycles. The van der Waals surface area contributed by atoms with Crippen LogP contribution in [-0.4, -0.2) is 21.3 Å². The number of methoxy groups -OCH3 is 3. The zero-order valence-corrected chi connectivity index (χ0v) is 18.6. The van der Waals surface area contributed by atoms with Crippen LogP contribution in [0.4, 0.5) is 0 Å². The molecule has 1 aromatic heterocycles. The number of rotatable bonds is 6. The molecule has 3 aromatic carbocycles. The minimum atomic E-state index is -0.166. The molecule has 0 radical (unpaired) electrons. The van der Waals surface area contributed by atoms with Crippen molar-refractivity contribution in [3.05, 3.63) is 87.0 Å². The summed E-state index contributed by atoms with van der Waals surface area (Å²) in [5, 5.41) is 0.945. The molecule has 4 aromatic rings. The van der Waals surface area contributed by atoms with Gasteiger partial charge in [-0.2, -0.15) is 0 Å². The molecule has 0 atom stereocenters. The van der Waals surface area contributed by atoms with E-state index in [0.29, 0.717) is 38.8 Å². The minimum Gasteiger partial charge on any atom is -0.497 e. The summed E-state index contributed by atoms with van der Waals surface area (Å²) in [5.41, 5.74) is 2.62. The van der Waals surface area contributed by atoms with Crippen molar-refractivity contribution in [1.29, 1.82) is 0 Å². The molecule has 0 saturated carbocycles. The van der Waals surface area contributed by atoms with Crippen LogP contribution in [0.25, 0.3) is 34.4 Å². The summed E-state index contributed by atoms with van der Waals surface area (Å²) in [6, 6.07) is 17.7. The monoisotopic (exact) mass is 448 g/mol. The Morgan fingerprint density at radius 3 is 2.25 bits per heavy atom. The first-order chi connectivity index (χ1) is 15.5. The number of hydrogen-bond acceptors (Lipinski definition) is 5. The Labute approximate surface area is 190 Å². The third-order valence-corrected chi connectivity index (χ3v) is 5.31. The fourth-order valence-corrected chi connectivity index (χ4v) is 3.60. The van der Waals surface area contributed by atoms with Gasteiger partial charge in [0.25, 0.3) is 0 Å². The Morgan fingerprint density at radius 1 is 0.812 bits per heavy atom. The Balaban J connectivity index is 1.90.